The number of nitrogens with one attached hydrogen (secondary N) is 2. The van der Waals surface area contributed by atoms with Crippen molar-refractivity contribution in [2.24, 2.45) is 0 Å². The fourth-order valence-electron chi connectivity index (χ4n) is 5.62. The van der Waals surface area contributed by atoms with Crippen LogP contribution in [0.25, 0.3) is 0 Å². The molecule has 1 spiro atoms. The van der Waals surface area contributed by atoms with Gasteiger partial charge in [0.1, 0.15) is 17.5 Å². The number of aliphatic hydroxyl groups is 1. The van der Waals surface area contributed by atoms with Crippen LogP contribution in [0.2, 0.25) is 0 Å². The molecule has 2 aliphatic heterocycles. The summed E-state index contributed by atoms with van der Waals surface area (Å²) in [4.78, 5) is 12.8. The van der Waals surface area contributed by atoms with Gasteiger partial charge in [-0.05, 0) is 62.1 Å². The zero-order valence-electron chi connectivity index (χ0n) is 20.7. The number of ether oxygens (including phenoxy) is 2. The molecule has 2 aromatic rings. The van der Waals surface area contributed by atoms with E-state index in [1.54, 1.807) is 0 Å². The predicted molar refractivity (Wildman–Crippen MR) is 135 cm³/mol. The van der Waals surface area contributed by atoms with Crippen molar-refractivity contribution in [3.63, 3.8) is 0 Å². The molecule has 0 aromatic heterocycles. The minimum Gasteiger partial charge on any atom is -0.487 e. The zero-order valence-corrected chi connectivity index (χ0v) is 20.7. The standard InChI is InChI=1S/C29H38N2O4/c1-2-20-11-12-26-22(16-20)24(18-29(35-26)13-7-14-29)30-19-25(32)23(17-21-8-4-3-5-9-21)31-28(33)27-10-6-15-34-27/h3-5,8-9,11-12,16,23-25,27,30,32H,2,6-7,10,13-15,17-19H2,1H3,(H,31,33)/t23-,24-,25+,27?/m0/s1. The highest BCUT2D eigenvalue weighted by atomic mass is 16.5. The van der Waals surface area contributed by atoms with Crippen molar-refractivity contribution in [3.8, 4) is 5.75 Å². The summed E-state index contributed by atoms with van der Waals surface area (Å²) < 4.78 is 12.0. The first kappa shape index (κ1) is 24.3. The van der Waals surface area contributed by atoms with Crippen LogP contribution in [0.15, 0.2) is 48.5 Å². The van der Waals surface area contributed by atoms with Crippen molar-refractivity contribution in [3.05, 3.63) is 65.2 Å². The molecule has 5 rings (SSSR count). The van der Waals surface area contributed by atoms with Crippen LogP contribution < -0.4 is 15.4 Å². The summed E-state index contributed by atoms with van der Waals surface area (Å²) >= 11 is 0. The summed E-state index contributed by atoms with van der Waals surface area (Å²) in [6.45, 7) is 3.17. The van der Waals surface area contributed by atoms with Crippen LogP contribution in [-0.2, 0) is 22.4 Å². The van der Waals surface area contributed by atoms with Gasteiger partial charge in [0.15, 0.2) is 0 Å². The molecule has 35 heavy (non-hydrogen) atoms. The van der Waals surface area contributed by atoms with Crippen molar-refractivity contribution in [1.29, 1.82) is 0 Å². The molecular formula is C29H38N2O4. The van der Waals surface area contributed by atoms with E-state index in [0.29, 0.717) is 19.6 Å². The average molecular weight is 479 g/mol. The molecular weight excluding hydrogens is 440 g/mol. The maximum atomic E-state index is 12.8. The van der Waals surface area contributed by atoms with Crippen LogP contribution in [0, 0.1) is 0 Å². The first-order valence-electron chi connectivity index (χ1n) is 13.2. The highest BCUT2D eigenvalue weighted by molar-refractivity contribution is 5.81. The second kappa shape index (κ2) is 10.7. The van der Waals surface area contributed by atoms with Crippen molar-refractivity contribution in [1.82, 2.24) is 10.6 Å². The van der Waals surface area contributed by atoms with E-state index in [9.17, 15) is 9.90 Å². The lowest BCUT2D eigenvalue weighted by atomic mass is 9.72. The van der Waals surface area contributed by atoms with Gasteiger partial charge in [-0.2, -0.15) is 0 Å². The van der Waals surface area contributed by atoms with E-state index >= 15 is 0 Å². The van der Waals surface area contributed by atoms with Gasteiger partial charge < -0.3 is 25.2 Å². The number of hydrogen-bond donors (Lipinski definition) is 3. The summed E-state index contributed by atoms with van der Waals surface area (Å²) in [6.07, 6.45) is 6.29. The number of carbonyl (C=O) groups is 1. The number of aryl methyl sites for hydroxylation is 1. The number of rotatable bonds is 9. The van der Waals surface area contributed by atoms with Gasteiger partial charge in [-0.15, -0.1) is 0 Å². The zero-order chi connectivity index (χ0) is 24.3. The Balaban J connectivity index is 1.30. The molecule has 188 valence electrons. The predicted octanol–water partition coefficient (Wildman–Crippen LogP) is 3.85. The molecule has 6 heteroatoms. The molecule has 1 aliphatic carbocycles. The van der Waals surface area contributed by atoms with Gasteiger partial charge in [0, 0.05) is 31.2 Å². The summed E-state index contributed by atoms with van der Waals surface area (Å²) in [6, 6.07) is 16.2. The Hall–Kier alpha value is -2.41. The summed E-state index contributed by atoms with van der Waals surface area (Å²) in [5.41, 5.74) is 3.47. The van der Waals surface area contributed by atoms with Crippen LogP contribution in [-0.4, -0.2) is 48.0 Å². The summed E-state index contributed by atoms with van der Waals surface area (Å²) in [5.74, 6) is 0.840. The molecule has 4 atom stereocenters. The highest BCUT2D eigenvalue weighted by Gasteiger charge is 2.45. The third-order valence-electron chi connectivity index (χ3n) is 7.91. The molecule has 2 fully saturated rings. The summed E-state index contributed by atoms with van der Waals surface area (Å²) in [7, 11) is 0. The van der Waals surface area contributed by atoms with Gasteiger partial charge >= 0.3 is 0 Å². The Morgan fingerprint density at radius 3 is 2.66 bits per heavy atom. The van der Waals surface area contributed by atoms with Crippen molar-refractivity contribution >= 4 is 5.91 Å². The highest BCUT2D eigenvalue weighted by Crippen LogP contribution is 2.49. The maximum absolute atomic E-state index is 12.8. The van der Waals surface area contributed by atoms with Crippen molar-refractivity contribution in [2.45, 2.75) is 88.2 Å². The van der Waals surface area contributed by atoms with E-state index in [1.165, 1.54) is 17.5 Å². The Bertz CT molecular complexity index is 1000. The van der Waals surface area contributed by atoms with E-state index in [2.05, 4.69) is 35.8 Å². The molecule has 1 amide bonds. The molecule has 6 nitrogen and oxygen atoms in total. The lowest BCUT2D eigenvalue weighted by molar-refractivity contribution is -0.131. The molecule has 0 bridgehead atoms. The first-order chi connectivity index (χ1) is 17.0. The molecule has 1 saturated heterocycles. The van der Waals surface area contributed by atoms with Gasteiger partial charge in [0.2, 0.25) is 5.91 Å². The number of benzene rings is 2. The van der Waals surface area contributed by atoms with E-state index in [0.717, 1.165) is 49.8 Å². The third-order valence-corrected chi connectivity index (χ3v) is 7.91. The lowest BCUT2D eigenvalue weighted by Gasteiger charge is -2.48. The van der Waals surface area contributed by atoms with E-state index in [1.807, 2.05) is 30.3 Å². The molecule has 2 heterocycles. The molecule has 3 aliphatic rings. The van der Waals surface area contributed by atoms with Gasteiger partial charge in [-0.3, -0.25) is 4.79 Å². The Labute approximate surface area is 208 Å². The number of carbonyl (C=O) groups excluding carboxylic acids is 1. The van der Waals surface area contributed by atoms with Crippen LogP contribution in [0.3, 0.4) is 0 Å². The van der Waals surface area contributed by atoms with E-state index < -0.39 is 18.2 Å². The van der Waals surface area contributed by atoms with Crippen LogP contribution in [0.1, 0.15) is 68.2 Å². The Morgan fingerprint density at radius 1 is 1.14 bits per heavy atom. The fourth-order valence-corrected chi connectivity index (χ4v) is 5.62. The Kier molecular flexibility index (Phi) is 7.42. The molecule has 2 aromatic carbocycles. The van der Waals surface area contributed by atoms with E-state index in [4.69, 9.17) is 9.47 Å². The monoisotopic (exact) mass is 478 g/mol. The molecule has 3 N–H and O–H groups in total. The third kappa shape index (κ3) is 5.55. The Morgan fingerprint density at radius 2 is 1.97 bits per heavy atom. The van der Waals surface area contributed by atoms with Gasteiger partial charge in [-0.25, -0.2) is 0 Å². The molecule has 0 radical (unpaired) electrons. The molecule has 1 saturated carbocycles. The van der Waals surface area contributed by atoms with Crippen LogP contribution in [0.5, 0.6) is 5.75 Å². The largest absolute Gasteiger partial charge is 0.487 e. The van der Waals surface area contributed by atoms with Gasteiger partial charge in [0.05, 0.1) is 12.1 Å². The fraction of sp³-hybridized carbons (Fsp3) is 0.552. The van der Waals surface area contributed by atoms with E-state index in [-0.39, 0.29) is 17.6 Å². The first-order valence-corrected chi connectivity index (χ1v) is 13.2. The van der Waals surface area contributed by atoms with Gasteiger partial charge in [0.25, 0.3) is 0 Å². The minimum atomic E-state index is -0.737. The molecule has 1 unspecified atom stereocenters. The normalized spacial score (nSPS) is 24.2. The van der Waals surface area contributed by atoms with Crippen molar-refractivity contribution in [2.75, 3.05) is 13.2 Å². The van der Waals surface area contributed by atoms with Crippen LogP contribution >= 0.6 is 0 Å². The summed E-state index contributed by atoms with van der Waals surface area (Å²) in [5, 5.41) is 18.0. The number of hydrogen-bond acceptors (Lipinski definition) is 5. The average Bonchev–Trinajstić information content (AvgIpc) is 3.41. The van der Waals surface area contributed by atoms with Gasteiger partial charge in [-0.1, -0.05) is 49.4 Å². The second-order valence-electron chi connectivity index (χ2n) is 10.4. The maximum Gasteiger partial charge on any atom is 0.249 e. The lowest BCUT2D eigenvalue weighted by Crippen LogP contribution is -2.53. The number of amides is 1. The van der Waals surface area contributed by atoms with Crippen LogP contribution in [0.4, 0.5) is 0 Å². The topological polar surface area (TPSA) is 79.8 Å². The SMILES string of the molecule is CCc1ccc2c(c1)[C@@H](NC[C@@H](O)[C@H](Cc1ccccc1)NC(=O)C1CCCO1)CC1(CCC1)O2. The van der Waals surface area contributed by atoms with Crippen molar-refractivity contribution < 1.29 is 19.4 Å². The minimum absolute atomic E-state index is 0.0825. The number of fused-ring (bicyclic) bond motifs is 1. The smallest absolute Gasteiger partial charge is 0.249 e. The second-order valence-corrected chi connectivity index (χ2v) is 10.4. The quantitative estimate of drug-likeness (QED) is 0.510. The number of aliphatic hydroxyl groups excluding tert-OH is 1.